The summed E-state index contributed by atoms with van der Waals surface area (Å²) in [4.78, 5) is 16.4. The topological polar surface area (TPSA) is 55.1 Å². The molecule has 130 valence electrons. The van der Waals surface area contributed by atoms with Gasteiger partial charge in [0.2, 0.25) is 5.91 Å². The molecular formula is C19H19ClN2O2S. The van der Waals surface area contributed by atoms with Gasteiger partial charge >= 0.3 is 0 Å². The number of thioether (sulfide) groups is 1. The molecule has 1 N–H and O–H groups in total. The van der Waals surface area contributed by atoms with Crippen LogP contribution in [0.15, 0.2) is 52.1 Å². The number of anilines is 1. The number of hydrogen-bond acceptors (Lipinski definition) is 4. The van der Waals surface area contributed by atoms with Crippen molar-refractivity contribution in [1.82, 2.24) is 4.98 Å². The van der Waals surface area contributed by atoms with Crippen LogP contribution in [0.1, 0.15) is 31.7 Å². The van der Waals surface area contributed by atoms with Crippen LogP contribution >= 0.6 is 23.4 Å². The second kappa shape index (κ2) is 7.93. The standard InChI is InChI=1S/C19H19ClN2O2S/c1-3-12(2)13-4-7-15(8-5-13)21-18(23)11-25-19-22-16-10-14(20)6-9-17(16)24-19/h4-10,12H,3,11H2,1-2H3,(H,21,23). The van der Waals surface area contributed by atoms with Crippen molar-refractivity contribution < 1.29 is 9.21 Å². The number of nitrogens with one attached hydrogen (secondary N) is 1. The number of nitrogens with zero attached hydrogens (tertiary/aromatic N) is 1. The molecule has 0 bridgehead atoms. The lowest BCUT2D eigenvalue weighted by atomic mass is 9.99. The Morgan fingerprint density at radius 2 is 2.04 bits per heavy atom. The molecule has 1 amide bonds. The number of fused-ring (bicyclic) bond motifs is 1. The third-order valence-corrected chi connectivity index (χ3v) is 5.10. The first-order valence-corrected chi connectivity index (χ1v) is 9.50. The van der Waals surface area contributed by atoms with E-state index in [0.29, 0.717) is 27.3 Å². The largest absolute Gasteiger partial charge is 0.431 e. The van der Waals surface area contributed by atoms with Crippen LogP contribution in [0, 0.1) is 0 Å². The lowest BCUT2D eigenvalue weighted by molar-refractivity contribution is -0.113. The monoisotopic (exact) mass is 374 g/mol. The number of amides is 1. The average molecular weight is 375 g/mol. The van der Waals surface area contributed by atoms with E-state index in [0.717, 1.165) is 12.1 Å². The van der Waals surface area contributed by atoms with Crippen molar-refractivity contribution in [2.45, 2.75) is 31.4 Å². The Kier molecular flexibility index (Phi) is 5.66. The van der Waals surface area contributed by atoms with Crippen LogP contribution in [0.3, 0.4) is 0 Å². The first-order valence-electron chi connectivity index (χ1n) is 8.14. The van der Waals surface area contributed by atoms with Crippen LogP contribution in [-0.4, -0.2) is 16.6 Å². The quantitative estimate of drug-likeness (QED) is 0.560. The second-order valence-electron chi connectivity index (χ2n) is 5.86. The van der Waals surface area contributed by atoms with E-state index in [2.05, 4.69) is 36.3 Å². The lowest BCUT2D eigenvalue weighted by Gasteiger charge is -2.10. The summed E-state index contributed by atoms with van der Waals surface area (Å²) in [7, 11) is 0. The number of carbonyl (C=O) groups excluding carboxylic acids is 1. The Morgan fingerprint density at radius 1 is 1.28 bits per heavy atom. The smallest absolute Gasteiger partial charge is 0.257 e. The normalized spacial score (nSPS) is 12.3. The number of rotatable bonds is 6. The summed E-state index contributed by atoms with van der Waals surface area (Å²) in [6, 6.07) is 13.2. The first-order chi connectivity index (χ1) is 12.0. The van der Waals surface area contributed by atoms with Crippen LogP contribution in [-0.2, 0) is 4.79 Å². The Morgan fingerprint density at radius 3 is 2.76 bits per heavy atom. The molecule has 3 rings (SSSR count). The molecule has 1 unspecified atom stereocenters. The molecule has 0 fully saturated rings. The molecule has 0 saturated carbocycles. The van der Waals surface area contributed by atoms with Gasteiger partial charge in [-0.2, -0.15) is 0 Å². The fourth-order valence-electron chi connectivity index (χ4n) is 2.40. The predicted molar refractivity (Wildman–Crippen MR) is 104 cm³/mol. The number of benzene rings is 2. The maximum atomic E-state index is 12.1. The minimum absolute atomic E-state index is 0.0958. The van der Waals surface area contributed by atoms with E-state index in [-0.39, 0.29) is 11.7 Å². The molecule has 0 aliphatic heterocycles. The number of carbonyl (C=O) groups is 1. The van der Waals surface area contributed by atoms with Crippen LogP contribution < -0.4 is 5.32 Å². The van der Waals surface area contributed by atoms with E-state index in [1.807, 2.05) is 12.1 Å². The van der Waals surface area contributed by atoms with Gasteiger partial charge in [-0.1, -0.05) is 49.3 Å². The summed E-state index contributed by atoms with van der Waals surface area (Å²) < 4.78 is 5.59. The van der Waals surface area contributed by atoms with Gasteiger partial charge in [0.15, 0.2) is 5.58 Å². The molecule has 2 aromatic carbocycles. The van der Waals surface area contributed by atoms with E-state index in [9.17, 15) is 4.79 Å². The Labute approximate surface area is 156 Å². The maximum Gasteiger partial charge on any atom is 0.257 e. The SMILES string of the molecule is CCC(C)c1ccc(NC(=O)CSc2nc3cc(Cl)ccc3o2)cc1. The Bertz CT molecular complexity index is 877. The molecule has 6 heteroatoms. The highest BCUT2D eigenvalue weighted by molar-refractivity contribution is 7.99. The zero-order valence-electron chi connectivity index (χ0n) is 14.1. The third-order valence-electron chi connectivity index (χ3n) is 4.03. The predicted octanol–water partition coefficient (Wildman–Crippen LogP) is 5.73. The van der Waals surface area contributed by atoms with Gasteiger partial charge in [0, 0.05) is 10.7 Å². The van der Waals surface area contributed by atoms with Crippen molar-refractivity contribution in [3.8, 4) is 0 Å². The minimum atomic E-state index is -0.0958. The fourth-order valence-corrected chi connectivity index (χ4v) is 3.20. The molecule has 0 aliphatic rings. The van der Waals surface area contributed by atoms with Gasteiger partial charge in [-0.05, 0) is 48.2 Å². The number of halogens is 1. The van der Waals surface area contributed by atoms with E-state index >= 15 is 0 Å². The molecular weight excluding hydrogens is 356 g/mol. The third kappa shape index (κ3) is 4.55. The molecule has 1 atom stereocenters. The van der Waals surface area contributed by atoms with Gasteiger partial charge in [-0.15, -0.1) is 0 Å². The molecule has 0 spiro atoms. The summed E-state index contributed by atoms with van der Waals surface area (Å²) in [5.41, 5.74) is 3.42. The summed E-state index contributed by atoms with van der Waals surface area (Å²) in [6.45, 7) is 4.36. The van der Waals surface area contributed by atoms with Crippen molar-refractivity contribution >= 4 is 46.1 Å². The van der Waals surface area contributed by atoms with Gasteiger partial charge < -0.3 is 9.73 Å². The van der Waals surface area contributed by atoms with Crippen molar-refractivity contribution in [3.63, 3.8) is 0 Å². The average Bonchev–Trinajstić information content (AvgIpc) is 3.02. The van der Waals surface area contributed by atoms with Crippen molar-refractivity contribution in [2.24, 2.45) is 0 Å². The highest BCUT2D eigenvalue weighted by atomic mass is 35.5. The Balaban J connectivity index is 1.56. The van der Waals surface area contributed by atoms with Gasteiger partial charge in [-0.3, -0.25) is 4.79 Å². The number of aromatic nitrogens is 1. The van der Waals surface area contributed by atoms with Gasteiger partial charge in [0.1, 0.15) is 5.52 Å². The van der Waals surface area contributed by atoms with E-state index in [4.69, 9.17) is 16.0 Å². The highest BCUT2D eigenvalue weighted by Gasteiger charge is 2.10. The molecule has 0 aliphatic carbocycles. The highest BCUT2D eigenvalue weighted by Crippen LogP contribution is 2.26. The maximum absolute atomic E-state index is 12.1. The Hall–Kier alpha value is -1.98. The van der Waals surface area contributed by atoms with Crippen LogP contribution in [0.5, 0.6) is 0 Å². The van der Waals surface area contributed by atoms with Crippen LogP contribution in [0.4, 0.5) is 5.69 Å². The van der Waals surface area contributed by atoms with Gasteiger partial charge in [0.25, 0.3) is 5.22 Å². The van der Waals surface area contributed by atoms with E-state index in [1.54, 1.807) is 18.2 Å². The summed E-state index contributed by atoms with van der Waals surface area (Å²) in [5, 5.41) is 3.95. The van der Waals surface area contributed by atoms with Gasteiger partial charge in [0.05, 0.1) is 5.75 Å². The molecule has 0 saturated heterocycles. The zero-order chi connectivity index (χ0) is 17.8. The minimum Gasteiger partial charge on any atom is -0.431 e. The van der Waals surface area contributed by atoms with E-state index < -0.39 is 0 Å². The number of oxazole rings is 1. The molecule has 1 heterocycles. The zero-order valence-corrected chi connectivity index (χ0v) is 15.7. The molecule has 25 heavy (non-hydrogen) atoms. The summed E-state index contributed by atoms with van der Waals surface area (Å²) in [5.74, 6) is 0.655. The first kappa shape index (κ1) is 17.8. The second-order valence-corrected chi connectivity index (χ2v) is 7.22. The van der Waals surface area contributed by atoms with E-state index in [1.165, 1.54) is 17.3 Å². The van der Waals surface area contributed by atoms with Crippen LogP contribution in [0.25, 0.3) is 11.1 Å². The molecule has 3 aromatic rings. The molecule has 1 aromatic heterocycles. The van der Waals surface area contributed by atoms with Crippen molar-refractivity contribution in [1.29, 1.82) is 0 Å². The van der Waals surface area contributed by atoms with Gasteiger partial charge in [-0.25, -0.2) is 4.98 Å². The number of hydrogen-bond donors (Lipinski definition) is 1. The lowest BCUT2D eigenvalue weighted by Crippen LogP contribution is -2.14. The fraction of sp³-hybridized carbons (Fsp3) is 0.263. The van der Waals surface area contributed by atoms with Crippen molar-refractivity contribution in [3.05, 3.63) is 53.1 Å². The summed E-state index contributed by atoms with van der Waals surface area (Å²) in [6.07, 6.45) is 1.10. The molecule has 4 nitrogen and oxygen atoms in total. The van der Waals surface area contributed by atoms with Crippen molar-refractivity contribution in [2.75, 3.05) is 11.1 Å². The van der Waals surface area contributed by atoms with Crippen LogP contribution in [0.2, 0.25) is 5.02 Å². The summed E-state index contributed by atoms with van der Waals surface area (Å²) >= 11 is 7.19. The molecule has 0 radical (unpaired) electrons.